The number of nitrogens with two attached hydrogens (primary N) is 1. The first kappa shape index (κ1) is 11.2. The molecule has 0 spiro atoms. The van der Waals surface area contributed by atoms with Crippen molar-refractivity contribution >= 4 is 0 Å². The van der Waals surface area contributed by atoms with Gasteiger partial charge >= 0.3 is 0 Å². The van der Waals surface area contributed by atoms with Crippen molar-refractivity contribution in [2.45, 2.75) is 19.8 Å². The van der Waals surface area contributed by atoms with E-state index in [-0.39, 0.29) is 0 Å². The van der Waals surface area contributed by atoms with E-state index in [2.05, 4.69) is 31.2 Å². The number of aryl methyl sites for hydroxylation is 1. The van der Waals surface area contributed by atoms with E-state index in [4.69, 9.17) is 10.5 Å². The molecule has 0 aliphatic heterocycles. The summed E-state index contributed by atoms with van der Waals surface area (Å²) in [5.74, 6) is 0. The average Bonchev–Trinajstić information content (AvgIpc) is 2.25. The highest BCUT2D eigenvalue weighted by atomic mass is 16.5. The molecule has 1 aromatic carbocycles. The van der Waals surface area contributed by atoms with Crippen LogP contribution < -0.4 is 5.73 Å². The number of hydrogen-bond donors (Lipinski definition) is 1. The van der Waals surface area contributed by atoms with Crippen LogP contribution in [-0.2, 0) is 17.6 Å². The summed E-state index contributed by atoms with van der Waals surface area (Å²) in [6, 6.07) is 8.70. The van der Waals surface area contributed by atoms with Gasteiger partial charge in [0.15, 0.2) is 0 Å². The molecule has 0 aromatic heterocycles. The second-order valence-electron chi connectivity index (χ2n) is 3.32. The summed E-state index contributed by atoms with van der Waals surface area (Å²) in [6.07, 6.45) is 2.08. The Morgan fingerprint density at radius 1 is 1.07 bits per heavy atom. The van der Waals surface area contributed by atoms with E-state index >= 15 is 0 Å². The lowest BCUT2D eigenvalue weighted by Gasteiger charge is -2.03. The molecule has 1 aromatic rings. The Morgan fingerprint density at radius 3 is 2.29 bits per heavy atom. The van der Waals surface area contributed by atoms with Crippen molar-refractivity contribution in [3.05, 3.63) is 35.4 Å². The van der Waals surface area contributed by atoms with E-state index in [1.807, 2.05) is 0 Å². The van der Waals surface area contributed by atoms with Gasteiger partial charge in [-0.25, -0.2) is 0 Å². The quantitative estimate of drug-likeness (QED) is 0.699. The SMILES string of the molecule is CCc1ccc(CCOCCN)cc1. The fourth-order valence-corrected chi connectivity index (χ4v) is 1.32. The maximum absolute atomic E-state index is 5.32. The highest BCUT2D eigenvalue weighted by molar-refractivity contribution is 5.22. The van der Waals surface area contributed by atoms with Crippen molar-refractivity contribution in [3.63, 3.8) is 0 Å². The van der Waals surface area contributed by atoms with Gasteiger partial charge in [0.1, 0.15) is 0 Å². The van der Waals surface area contributed by atoms with Crippen molar-refractivity contribution in [3.8, 4) is 0 Å². The summed E-state index contributed by atoms with van der Waals surface area (Å²) < 4.78 is 5.32. The zero-order valence-electron chi connectivity index (χ0n) is 8.83. The highest BCUT2D eigenvalue weighted by Crippen LogP contribution is 2.05. The minimum Gasteiger partial charge on any atom is -0.380 e. The van der Waals surface area contributed by atoms with Crippen LogP contribution in [-0.4, -0.2) is 19.8 Å². The molecule has 2 nitrogen and oxygen atoms in total. The number of rotatable bonds is 6. The van der Waals surface area contributed by atoms with Gasteiger partial charge in [0.2, 0.25) is 0 Å². The van der Waals surface area contributed by atoms with Gasteiger partial charge in [-0.2, -0.15) is 0 Å². The molecule has 14 heavy (non-hydrogen) atoms. The predicted octanol–water partition coefficient (Wildman–Crippen LogP) is 1.77. The normalized spacial score (nSPS) is 10.4. The molecule has 0 fully saturated rings. The molecule has 0 amide bonds. The first-order valence-corrected chi connectivity index (χ1v) is 5.22. The Bertz CT molecular complexity index is 243. The smallest absolute Gasteiger partial charge is 0.0588 e. The number of ether oxygens (including phenoxy) is 1. The molecule has 0 aliphatic carbocycles. The molecule has 2 heteroatoms. The van der Waals surface area contributed by atoms with Gasteiger partial charge in [0.25, 0.3) is 0 Å². The van der Waals surface area contributed by atoms with Crippen LogP contribution in [0.5, 0.6) is 0 Å². The fourth-order valence-electron chi connectivity index (χ4n) is 1.32. The molecule has 0 atom stereocenters. The lowest BCUT2D eigenvalue weighted by molar-refractivity contribution is 0.145. The second kappa shape index (κ2) is 6.57. The van der Waals surface area contributed by atoms with Crippen molar-refractivity contribution in [1.29, 1.82) is 0 Å². The van der Waals surface area contributed by atoms with Gasteiger partial charge in [0, 0.05) is 6.54 Å². The summed E-state index contributed by atoms with van der Waals surface area (Å²) in [7, 11) is 0. The van der Waals surface area contributed by atoms with Crippen LogP contribution >= 0.6 is 0 Å². The zero-order valence-corrected chi connectivity index (χ0v) is 8.83. The Hall–Kier alpha value is -0.860. The van der Waals surface area contributed by atoms with E-state index in [1.165, 1.54) is 11.1 Å². The minimum atomic E-state index is 0.606. The van der Waals surface area contributed by atoms with E-state index in [9.17, 15) is 0 Å². The average molecular weight is 193 g/mol. The van der Waals surface area contributed by atoms with E-state index in [1.54, 1.807) is 0 Å². The molecule has 0 unspecified atom stereocenters. The van der Waals surface area contributed by atoms with E-state index in [0.29, 0.717) is 13.2 Å². The molecule has 0 aliphatic rings. The van der Waals surface area contributed by atoms with Gasteiger partial charge in [-0.3, -0.25) is 0 Å². The highest BCUT2D eigenvalue weighted by Gasteiger charge is 1.93. The molecule has 0 saturated heterocycles. The van der Waals surface area contributed by atoms with Gasteiger partial charge in [0.05, 0.1) is 13.2 Å². The van der Waals surface area contributed by atoms with Crippen LogP contribution in [0.2, 0.25) is 0 Å². The van der Waals surface area contributed by atoms with Gasteiger partial charge < -0.3 is 10.5 Å². The largest absolute Gasteiger partial charge is 0.380 e. The van der Waals surface area contributed by atoms with Crippen LogP contribution in [0.3, 0.4) is 0 Å². The third kappa shape index (κ3) is 3.90. The van der Waals surface area contributed by atoms with E-state index in [0.717, 1.165) is 19.4 Å². The Kier molecular flexibility index (Phi) is 5.27. The van der Waals surface area contributed by atoms with Crippen LogP contribution in [0.4, 0.5) is 0 Å². The van der Waals surface area contributed by atoms with Crippen LogP contribution in [0.25, 0.3) is 0 Å². The van der Waals surface area contributed by atoms with Crippen molar-refractivity contribution in [1.82, 2.24) is 0 Å². The van der Waals surface area contributed by atoms with Crippen LogP contribution in [0.15, 0.2) is 24.3 Å². The van der Waals surface area contributed by atoms with Gasteiger partial charge in [-0.05, 0) is 24.0 Å². The molecule has 0 bridgehead atoms. The first-order valence-electron chi connectivity index (χ1n) is 5.22. The van der Waals surface area contributed by atoms with Gasteiger partial charge in [-0.15, -0.1) is 0 Å². The predicted molar refractivity (Wildman–Crippen MR) is 59.4 cm³/mol. The summed E-state index contributed by atoms with van der Waals surface area (Å²) in [5.41, 5.74) is 8.04. The molecule has 0 saturated carbocycles. The van der Waals surface area contributed by atoms with E-state index < -0.39 is 0 Å². The summed E-state index contributed by atoms with van der Waals surface area (Å²) >= 11 is 0. The molecule has 78 valence electrons. The monoisotopic (exact) mass is 193 g/mol. The van der Waals surface area contributed by atoms with Crippen LogP contribution in [0.1, 0.15) is 18.1 Å². The summed E-state index contributed by atoms with van der Waals surface area (Å²) in [6.45, 7) is 4.20. The third-order valence-electron chi connectivity index (χ3n) is 2.23. The number of benzene rings is 1. The summed E-state index contributed by atoms with van der Waals surface area (Å²) in [5, 5.41) is 0. The maximum atomic E-state index is 5.32. The zero-order chi connectivity index (χ0) is 10.2. The minimum absolute atomic E-state index is 0.606. The molecular weight excluding hydrogens is 174 g/mol. The third-order valence-corrected chi connectivity index (χ3v) is 2.23. The fraction of sp³-hybridized carbons (Fsp3) is 0.500. The lowest BCUT2D eigenvalue weighted by atomic mass is 10.1. The van der Waals surface area contributed by atoms with Crippen molar-refractivity contribution < 1.29 is 4.74 Å². The van der Waals surface area contributed by atoms with Gasteiger partial charge in [-0.1, -0.05) is 31.2 Å². The lowest BCUT2D eigenvalue weighted by Crippen LogP contribution is -2.10. The molecule has 0 heterocycles. The Balaban J connectivity index is 2.29. The van der Waals surface area contributed by atoms with Crippen molar-refractivity contribution in [2.24, 2.45) is 5.73 Å². The molecule has 1 rings (SSSR count). The molecular formula is C12H19NO. The first-order chi connectivity index (χ1) is 6.86. The van der Waals surface area contributed by atoms with Crippen molar-refractivity contribution in [2.75, 3.05) is 19.8 Å². The standard InChI is InChI=1S/C12H19NO/c1-2-11-3-5-12(6-4-11)7-9-14-10-8-13/h3-6H,2,7-10,13H2,1H3. The maximum Gasteiger partial charge on any atom is 0.0588 e. The molecule has 0 radical (unpaired) electrons. The summed E-state index contributed by atoms with van der Waals surface area (Å²) in [4.78, 5) is 0. The Labute approximate surface area is 86.1 Å². The Morgan fingerprint density at radius 2 is 1.71 bits per heavy atom. The van der Waals surface area contributed by atoms with Crippen LogP contribution in [0, 0.1) is 0 Å². The molecule has 2 N–H and O–H groups in total. The number of hydrogen-bond acceptors (Lipinski definition) is 2. The second-order valence-corrected chi connectivity index (χ2v) is 3.32. The topological polar surface area (TPSA) is 35.2 Å².